The summed E-state index contributed by atoms with van der Waals surface area (Å²) in [5, 5.41) is 63.7. The van der Waals surface area contributed by atoms with Gasteiger partial charge in [0, 0.05) is 62.2 Å². The highest BCUT2D eigenvalue weighted by molar-refractivity contribution is 5.98. The van der Waals surface area contributed by atoms with Crippen LogP contribution in [-0.4, -0.2) is 149 Å². The summed E-state index contributed by atoms with van der Waals surface area (Å²) in [6.07, 6.45) is -5.84. The molecule has 46 heavy (non-hydrogen) atoms. The number of anilines is 2. The quantitative estimate of drug-likeness (QED) is 0.182. The number of benzene rings is 2. The SMILES string of the molecule is Cc1ccc(N2CCN(C)CC2)c2c1CCC(N(C(=O)c1ccc(N3CCOCC3)cc1)[C@](O)(C(=O)O)[C@@H](O)[C@H](O)[C@H](O)CO)C2. The van der Waals surface area contributed by atoms with E-state index >= 15 is 0 Å². The van der Waals surface area contributed by atoms with E-state index in [0.717, 1.165) is 59.1 Å². The van der Waals surface area contributed by atoms with Gasteiger partial charge in [-0.05, 0) is 80.3 Å². The lowest BCUT2D eigenvalue weighted by Crippen LogP contribution is -2.70. The van der Waals surface area contributed by atoms with E-state index < -0.39 is 48.6 Å². The van der Waals surface area contributed by atoms with Gasteiger partial charge in [-0.2, -0.15) is 0 Å². The number of carboxylic acid groups (broad SMARTS) is 1. The lowest BCUT2D eigenvalue weighted by atomic mass is 9.81. The van der Waals surface area contributed by atoms with Crippen LogP contribution in [0.4, 0.5) is 11.4 Å². The zero-order valence-electron chi connectivity index (χ0n) is 26.5. The Bertz CT molecular complexity index is 1380. The van der Waals surface area contributed by atoms with Gasteiger partial charge in [0.15, 0.2) is 0 Å². The van der Waals surface area contributed by atoms with Gasteiger partial charge < -0.3 is 50.1 Å². The predicted octanol–water partition coefficient (Wildman–Crippen LogP) is -0.569. The molecule has 2 aliphatic heterocycles. The predicted molar refractivity (Wildman–Crippen MR) is 170 cm³/mol. The molecule has 2 aromatic rings. The number of ether oxygens (including phenoxy) is 1. The zero-order valence-corrected chi connectivity index (χ0v) is 26.5. The lowest BCUT2D eigenvalue weighted by Gasteiger charge is -2.47. The molecule has 1 aliphatic carbocycles. The van der Waals surface area contributed by atoms with E-state index in [1.54, 1.807) is 24.3 Å². The molecule has 3 aliphatic rings. The van der Waals surface area contributed by atoms with Crippen LogP contribution in [-0.2, 0) is 22.4 Å². The molecule has 1 amide bonds. The monoisotopic (exact) mass is 642 g/mol. The van der Waals surface area contributed by atoms with E-state index in [4.69, 9.17) is 4.74 Å². The molecular weight excluding hydrogens is 596 g/mol. The standard InChI is InChI=1S/C33H46N4O9/c1-21-3-10-27(36-13-11-34(2)12-14-36)26-19-24(8-9-25(21)26)37(33(45,32(43)44)30(41)29(40)28(39)20-38)31(42)22-4-6-23(7-5-22)35-15-17-46-18-16-35/h3-7,10,24,28-30,38-41,45H,8-9,11-20H2,1-2H3,(H,43,44)/t24?,28-,29-,30+,33-/m1/s1. The highest BCUT2D eigenvalue weighted by Crippen LogP contribution is 2.38. The minimum atomic E-state index is -3.35. The number of nitrogens with zero attached hydrogens (tertiary/aromatic N) is 4. The number of carboxylic acids is 1. The van der Waals surface area contributed by atoms with Gasteiger partial charge in [-0.15, -0.1) is 0 Å². The average Bonchev–Trinajstić information content (AvgIpc) is 3.08. The third kappa shape index (κ3) is 6.58. The number of aliphatic hydroxyl groups is 5. The van der Waals surface area contributed by atoms with E-state index in [-0.39, 0.29) is 18.4 Å². The molecule has 0 aromatic heterocycles. The summed E-state index contributed by atoms with van der Waals surface area (Å²) in [6, 6.07) is 9.77. The summed E-state index contributed by atoms with van der Waals surface area (Å²) in [7, 11) is 2.06. The van der Waals surface area contributed by atoms with E-state index in [0.29, 0.717) is 32.7 Å². The number of carbonyl (C=O) groups is 2. The van der Waals surface area contributed by atoms with Crippen molar-refractivity contribution in [2.24, 2.45) is 0 Å². The van der Waals surface area contributed by atoms with Crippen molar-refractivity contribution in [1.82, 2.24) is 9.80 Å². The minimum absolute atomic E-state index is 0.0791. The van der Waals surface area contributed by atoms with Crippen LogP contribution in [0.5, 0.6) is 0 Å². The number of rotatable bonds is 10. The number of aliphatic carboxylic acids is 1. The molecule has 13 heteroatoms. The van der Waals surface area contributed by atoms with E-state index in [2.05, 4.69) is 27.8 Å². The molecule has 0 saturated carbocycles. The normalized spacial score (nSPS) is 22.4. The van der Waals surface area contributed by atoms with Gasteiger partial charge in [0.25, 0.3) is 11.6 Å². The second-order valence-corrected chi connectivity index (χ2v) is 12.6. The summed E-state index contributed by atoms with van der Waals surface area (Å²) in [5.41, 5.74) is 1.67. The second kappa shape index (κ2) is 14.2. The number of morpholine rings is 1. The average molecular weight is 643 g/mol. The number of fused-ring (bicyclic) bond motifs is 1. The van der Waals surface area contributed by atoms with Crippen molar-refractivity contribution >= 4 is 23.3 Å². The van der Waals surface area contributed by atoms with Crippen molar-refractivity contribution in [3.8, 4) is 0 Å². The smallest absolute Gasteiger partial charge is 0.360 e. The minimum Gasteiger partial charge on any atom is -0.478 e. The topological polar surface area (TPSA) is 178 Å². The lowest BCUT2D eigenvalue weighted by molar-refractivity contribution is -0.229. The Morgan fingerprint density at radius 1 is 0.957 bits per heavy atom. The molecule has 252 valence electrons. The largest absolute Gasteiger partial charge is 0.478 e. The molecule has 0 radical (unpaired) electrons. The third-order valence-corrected chi connectivity index (χ3v) is 9.73. The number of likely N-dealkylation sites (N-methyl/N-ethyl adjacent to an activating group) is 1. The fraction of sp³-hybridized carbons (Fsp3) is 0.576. The number of hydrogen-bond donors (Lipinski definition) is 6. The van der Waals surface area contributed by atoms with Crippen molar-refractivity contribution in [2.45, 2.75) is 56.3 Å². The van der Waals surface area contributed by atoms with Crippen LogP contribution in [0.1, 0.15) is 33.5 Å². The second-order valence-electron chi connectivity index (χ2n) is 12.6. The van der Waals surface area contributed by atoms with Crippen molar-refractivity contribution in [2.75, 3.05) is 75.9 Å². The first-order valence-electron chi connectivity index (χ1n) is 15.9. The molecule has 2 heterocycles. The van der Waals surface area contributed by atoms with Gasteiger partial charge in [0.05, 0.1) is 19.8 Å². The Balaban J connectivity index is 1.56. The van der Waals surface area contributed by atoms with Crippen LogP contribution >= 0.6 is 0 Å². The summed E-state index contributed by atoms with van der Waals surface area (Å²) < 4.78 is 5.42. The summed E-state index contributed by atoms with van der Waals surface area (Å²) in [4.78, 5) is 34.7. The van der Waals surface area contributed by atoms with Gasteiger partial charge in [-0.3, -0.25) is 9.69 Å². The molecule has 5 rings (SSSR count). The maximum Gasteiger partial charge on any atom is 0.360 e. The number of aryl methyl sites for hydroxylation is 1. The molecule has 6 N–H and O–H groups in total. The summed E-state index contributed by atoms with van der Waals surface area (Å²) in [5.74, 6) is -2.83. The van der Waals surface area contributed by atoms with Crippen LogP contribution in [0, 0.1) is 6.92 Å². The van der Waals surface area contributed by atoms with Crippen LogP contribution in [0.25, 0.3) is 0 Å². The Labute approximate surface area is 268 Å². The highest BCUT2D eigenvalue weighted by atomic mass is 16.5. The van der Waals surface area contributed by atoms with Gasteiger partial charge in [-0.1, -0.05) is 6.07 Å². The van der Waals surface area contributed by atoms with Gasteiger partial charge in [-0.25, -0.2) is 4.79 Å². The molecule has 5 atom stereocenters. The Hall–Kier alpha value is -3.30. The zero-order chi connectivity index (χ0) is 33.2. The molecule has 13 nitrogen and oxygen atoms in total. The molecule has 2 aromatic carbocycles. The fourth-order valence-electron chi connectivity index (χ4n) is 6.89. The van der Waals surface area contributed by atoms with Gasteiger partial charge in [0.2, 0.25) is 0 Å². The first-order chi connectivity index (χ1) is 22.0. The molecule has 2 fully saturated rings. The number of carbonyl (C=O) groups excluding carboxylic acids is 1. The maximum absolute atomic E-state index is 14.4. The van der Waals surface area contributed by atoms with Crippen LogP contribution in [0.3, 0.4) is 0 Å². The summed E-state index contributed by atoms with van der Waals surface area (Å²) in [6.45, 7) is 6.80. The van der Waals surface area contributed by atoms with Crippen molar-refractivity contribution in [3.05, 3.63) is 58.7 Å². The summed E-state index contributed by atoms with van der Waals surface area (Å²) >= 11 is 0. The molecule has 0 bridgehead atoms. The van der Waals surface area contributed by atoms with E-state index in [1.165, 1.54) is 0 Å². The Morgan fingerprint density at radius 3 is 2.22 bits per heavy atom. The molecule has 0 spiro atoms. The van der Waals surface area contributed by atoms with Gasteiger partial charge >= 0.3 is 5.97 Å². The third-order valence-electron chi connectivity index (χ3n) is 9.73. The molecule has 2 saturated heterocycles. The Morgan fingerprint density at radius 2 is 1.61 bits per heavy atom. The Kier molecular flexibility index (Phi) is 10.5. The van der Waals surface area contributed by atoms with Crippen LogP contribution in [0.15, 0.2) is 36.4 Å². The van der Waals surface area contributed by atoms with Crippen LogP contribution in [0.2, 0.25) is 0 Å². The molecule has 1 unspecified atom stereocenters. The van der Waals surface area contributed by atoms with E-state index in [1.807, 2.05) is 13.0 Å². The van der Waals surface area contributed by atoms with Crippen LogP contribution < -0.4 is 9.80 Å². The highest BCUT2D eigenvalue weighted by Gasteiger charge is 2.57. The number of hydrogen-bond acceptors (Lipinski definition) is 11. The number of aliphatic hydroxyl groups excluding tert-OH is 4. The van der Waals surface area contributed by atoms with Gasteiger partial charge in [0.1, 0.15) is 18.3 Å². The molecular formula is C33H46N4O9. The van der Waals surface area contributed by atoms with Crippen molar-refractivity contribution in [1.29, 1.82) is 0 Å². The fourth-order valence-corrected chi connectivity index (χ4v) is 6.89. The maximum atomic E-state index is 14.4. The first-order valence-corrected chi connectivity index (χ1v) is 15.9. The van der Waals surface area contributed by atoms with Crippen molar-refractivity contribution < 1.29 is 45.0 Å². The van der Waals surface area contributed by atoms with Crippen molar-refractivity contribution in [3.63, 3.8) is 0 Å². The number of amides is 1. The number of piperazine rings is 1. The van der Waals surface area contributed by atoms with E-state index in [9.17, 15) is 40.2 Å². The first kappa shape index (κ1) is 34.0.